The van der Waals surface area contributed by atoms with Gasteiger partial charge in [0.1, 0.15) is 11.8 Å². The lowest BCUT2D eigenvalue weighted by atomic mass is 10.1. The summed E-state index contributed by atoms with van der Waals surface area (Å²) in [5.41, 5.74) is -1.14. The summed E-state index contributed by atoms with van der Waals surface area (Å²) in [6, 6.07) is 0. The summed E-state index contributed by atoms with van der Waals surface area (Å²) in [7, 11) is 1.82. The van der Waals surface area contributed by atoms with E-state index in [1.54, 1.807) is 0 Å². The molecular formula is C8H8F4O4. The summed E-state index contributed by atoms with van der Waals surface area (Å²) < 4.78 is 56.3. The van der Waals surface area contributed by atoms with Crippen molar-refractivity contribution in [1.29, 1.82) is 0 Å². The maximum Gasteiger partial charge on any atom is 0.427 e. The highest BCUT2D eigenvalue weighted by Crippen LogP contribution is 2.25. The van der Waals surface area contributed by atoms with Crippen molar-refractivity contribution in [1.82, 2.24) is 0 Å². The number of methoxy groups -OCH3 is 2. The standard InChI is InChI=1S/C8H8F4O4/c1-15-3-4(7(14)16-2)5(13)6(9)8(10,11)12/h3,6H,1-2H3/b4-3-. The van der Waals surface area contributed by atoms with Gasteiger partial charge < -0.3 is 9.47 Å². The molecular weight excluding hydrogens is 236 g/mol. The first-order valence-corrected chi connectivity index (χ1v) is 3.82. The van der Waals surface area contributed by atoms with Crippen LogP contribution in [0.4, 0.5) is 17.6 Å². The molecule has 0 aliphatic carbocycles. The van der Waals surface area contributed by atoms with Crippen molar-refractivity contribution in [3.63, 3.8) is 0 Å². The van der Waals surface area contributed by atoms with E-state index in [0.29, 0.717) is 6.26 Å². The summed E-state index contributed by atoms with van der Waals surface area (Å²) in [5, 5.41) is 0. The second kappa shape index (κ2) is 5.47. The third kappa shape index (κ3) is 3.52. The lowest BCUT2D eigenvalue weighted by molar-refractivity contribution is -0.183. The highest BCUT2D eigenvalue weighted by molar-refractivity contribution is 6.18. The Kier molecular flexibility index (Phi) is 4.93. The van der Waals surface area contributed by atoms with Gasteiger partial charge in [-0.05, 0) is 0 Å². The fourth-order valence-corrected chi connectivity index (χ4v) is 0.720. The van der Waals surface area contributed by atoms with Crippen LogP contribution in [0.5, 0.6) is 0 Å². The largest absolute Gasteiger partial charge is 0.503 e. The van der Waals surface area contributed by atoms with Crippen molar-refractivity contribution in [3.8, 4) is 0 Å². The van der Waals surface area contributed by atoms with Crippen molar-refractivity contribution < 1.29 is 36.6 Å². The third-order valence-corrected chi connectivity index (χ3v) is 1.42. The van der Waals surface area contributed by atoms with Gasteiger partial charge in [-0.1, -0.05) is 0 Å². The minimum absolute atomic E-state index is 0.395. The molecule has 1 unspecified atom stereocenters. The number of esters is 1. The molecule has 0 aliphatic rings. The summed E-state index contributed by atoms with van der Waals surface area (Å²) in [6.07, 6.45) is -8.77. The van der Waals surface area contributed by atoms with E-state index < -0.39 is 29.7 Å². The topological polar surface area (TPSA) is 52.6 Å². The van der Waals surface area contributed by atoms with Gasteiger partial charge in [0.25, 0.3) is 6.17 Å². The summed E-state index contributed by atoms with van der Waals surface area (Å²) in [5.74, 6) is -3.46. The maximum atomic E-state index is 12.6. The molecule has 0 aromatic rings. The second-order valence-electron chi connectivity index (χ2n) is 2.53. The molecule has 0 bridgehead atoms. The van der Waals surface area contributed by atoms with Crippen molar-refractivity contribution >= 4 is 11.8 Å². The van der Waals surface area contributed by atoms with Gasteiger partial charge in [-0.15, -0.1) is 0 Å². The van der Waals surface area contributed by atoms with Gasteiger partial charge in [0.05, 0.1) is 14.2 Å². The number of alkyl halides is 4. The van der Waals surface area contributed by atoms with Crippen LogP contribution in [0.25, 0.3) is 0 Å². The van der Waals surface area contributed by atoms with Gasteiger partial charge >= 0.3 is 12.1 Å². The predicted molar refractivity (Wildman–Crippen MR) is 43.1 cm³/mol. The maximum absolute atomic E-state index is 12.6. The first-order valence-electron chi connectivity index (χ1n) is 3.82. The number of Topliss-reactive ketones (excluding diaryl/α,β-unsaturated/α-hetero) is 1. The van der Waals surface area contributed by atoms with E-state index in [2.05, 4.69) is 9.47 Å². The van der Waals surface area contributed by atoms with Crippen molar-refractivity contribution in [2.24, 2.45) is 0 Å². The molecule has 0 heterocycles. The van der Waals surface area contributed by atoms with E-state index in [0.717, 1.165) is 14.2 Å². The quantitative estimate of drug-likeness (QED) is 0.186. The predicted octanol–water partition coefficient (Wildman–Crippen LogP) is 1.16. The van der Waals surface area contributed by atoms with Crippen LogP contribution in [0.1, 0.15) is 0 Å². The summed E-state index contributed by atoms with van der Waals surface area (Å²) >= 11 is 0. The van der Waals surface area contributed by atoms with E-state index in [4.69, 9.17) is 0 Å². The zero-order valence-electron chi connectivity index (χ0n) is 8.30. The number of carbonyl (C=O) groups excluding carboxylic acids is 2. The van der Waals surface area contributed by atoms with Crippen molar-refractivity contribution in [3.05, 3.63) is 11.8 Å². The number of ketones is 1. The van der Waals surface area contributed by atoms with Gasteiger partial charge in [-0.3, -0.25) is 4.79 Å². The number of ether oxygens (including phenoxy) is 2. The molecule has 4 nitrogen and oxygen atoms in total. The normalized spacial score (nSPS) is 14.2. The minimum atomic E-state index is -5.38. The third-order valence-electron chi connectivity index (χ3n) is 1.42. The monoisotopic (exact) mass is 244 g/mol. The first kappa shape index (κ1) is 14.4. The van der Waals surface area contributed by atoms with Crippen molar-refractivity contribution in [2.75, 3.05) is 14.2 Å². The molecule has 8 heteroatoms. The van der Waals surface area contributed by atoms with Crippen LogP contribution in [-0.2, 0) is 19.1 Å². The van der Waals surface area contributed by atoms with E-state index in [9.17, 15) is 27.2 Å². The molecule has 1 atom stereocenters. The molecule has 16 heavy (non-hydrogen) atoms. The summed E-state index contributed by atoms with van der Waals surface area (Å²) in [4.78, 5) is 21.8. The second-order valence-corrected chi connectivity index (χ2v) is 2.53. The van der Waals surface area contributed by atoms with Gasteiger partial charge in [0, 0.05) is 0 Å². The molecule has 0 aromatic heterocycles. The Morgan fingerprint density at radius 2 is 1.75 bits per heavy atom. The molecule has 92 valence electrons. The molecule has 0 aromatic carbocycles. The zero-order chi connectivity index (χ0) is 12.9. The SMILES string of the molecule is CO/C=C(\C(=O)OC)C(=O)C(F)C(F)(F)F. The molecule has 0 N–H and O–H groups in total. The number of carbonyl (C=O) groups is 2. The Morgan fingerprint density at radius 3 is 2.06 bits per heavy atom. The summed E-state index contributed by atoms with van der Waals surface area (Å²) in [6.45, 7) is 0. The number of hydrogen-bond acceptors (Lipinski definition) is 4. The molecule has 0 saturated heterocycles. The van der Waals surface area contributed by atoms with E-state index in [1.165, 1.54) is 0 Å². The molecule has 0 aliphatic heterocycles. The fraction of sp³-hybridized carbons (Fsp3) is 0.500. The molecule has 0 rings (SSSR count). The fourth-order valence-electron chi connectivity index (χ4n) is 0.720. The lowest BCUT2D eigenvalue weighted by Crippen LogP contribution is -2.35. The molecule has 0 amide bonds. The Bertz CT molecular complexity index is 308. The van der Waals surface area contributed by atoms with Gasteiger partial charge in [-0.2, -0.15) is 13.2 Å². The zero-order valence-corrected chi connectivity index (χ0v) is 8.30. The number of halogens is 4. The average molecular weight is 244 g/mol. The van der Waals surface area contributed by atoms with Crippen LogP contribution >= 0.6 is 0 Å². The highest BCUT2D eigenvalue weighted by atomic mass is 19.4. The molecule has 0 fully saturated rings. The highest BCUT2D eigenvalue weighted by Gasteiger charge is 2.47. The van der Waals surface area contributed by atoms with Gasteiger partial charge in [0.15, 0.2) is 0 Å². The Balaban J connectivity index is 5.05. The van der Waals surface area contributed by atoms with Gasteiger partial charge in [0.2, 0.25) is 5.78 Å². The van der Waals surface area contributed by atoms with E-state index >= 15 is 0 Å². The lowest BCUT2D eigenvalue weighted by Gasteiger charge is -2.11. The van der Waals surface area contributed by atoms with Crippen LogP contribution in [0.3, 0.4) is 0 Å². The average Bonchev–Trinajstić information content (AvgIpc) is 2.21. The van der Waals surface area contributed by atoms with E-state index in [-0.39, 0.29) is 0 Å². The Labute approximate surface area is 87.8 Å². The van der Waals surface area contributed by atoms with Crippen LogP contribution < -0.4 is 0 Å². The van der Waals surface area contributed by atoms with Crippen molar-refractivity contribution in [2.45, 2.75) is 12.3 Å². The smallest absolute Gasteiger partial charge is 0.427 e. The first-order chi connectivity index (χ1) is 7.25. The van der Waals surface area contributed by atoms with Crippen LogP contribution in [0.2, 0.25) is 0 Å². The van der Waals surface area contributed by atoms with Crippen LogP contribution in [0, 0.1) is 0 Å². The molecule has 0 radical (unpaired) electrons. The van der Waals surface area contributed by atoms with Crippen LogP contribution in [-0.4, -0.2) is 38.3 Å². The number of hydrogen-bond donors (Lipinski definition) is 0. The Hall–Kier alpha value is -1.60. The molecule has 0 saturated carbocycles. The van der Waals surface area contributed by atoms with Crippen LogP contribution in [0.15, 0.2) is 11.8 Å². The van der Waals surface area contributed by atoms with Gasteiger partial charge in [-0.25, -0.2) is 9.18 Å². The van der Waals surface area contributed by atoms with E-state index in [1.807, 2.05) is 0 Å². The number of rotatable bonds is 4. The molecule has 0 spiro atoms. The minimum Gasteiger partial charge on any atom is -0.503 e. The Morgan fingerprint density at radius 1 is 1.25 bits per heavy atom.